The first-order valence-electron chi connectivity index (χ1n) is 10.2. The van der Waals surface area contributed by atoms with Crippen LogP contribution in [-0.2, 0) is 4.79 Å². The molecule has 4 heterocycles. The van der Waals surface area contributed by atoms with Crippen molar-refractivity contribution in [2.24, 2.45) is 0 Å². The average molecular weight is 455 g/mol. The third-order valence-corrected chi connectivity index (χ3v) is 5.70. The van der Waals surface area contributed by atoms with Gasteiger partial charge in [0.1, 0.15) is 17.9 Å². The number of nitrogens with zero attached hydrogens (tertiary/aromatic N) is 5. The Labute approximate surface area is 190 Å². The highest BCUT2D eigenvalue weighted by Crippen LogP contribution is 2.32. The number of piperidine rings is 1. The number of pyridine rings is 1. The molecule has 0 bridgehead atoms. The van der Waals surface area contributed by atoms with Gasteiger partial charge in [0.25, 0.3) is 0 Å². The van der Waals surface area contributed by atoms with E-state index < -0.39 is 6.61 Å². The number of hydrogen-bond acceptors (Lipinski definition) is 7. The molecule has 9 nitrogen and oxygen atoms in total. The molecule has 0 saturated carbocycles. The van der Waals surface area contributed by atoms with Crippen LogP contribution >= 0.6 is 12.4 Å². The van der Waals surface area contributed by atoms with Crippen LogP contribution in [0.5, 0.6) is 0 Å². The van der Waals surface area contributed by atoms with Gasteiger partial charge in [0, 0.05) is 36.6 Å². The van der Waals surface area contributed by atoms with E-state index in [0.29, 0.717) is 35.9 Å². The first-order chi connectivity index (χ1) is 15.1. The number of nitrogen functional groups attached to an aromatic ring is 1. The van der Waals surface area contributed by atoms with Crippen LogP contribution in [0.15, 0.2) is 53.3 Å². The number of oxazole rings is 1. The summed E-state index contributed by atoms with van der Waals surface area (Å²) >= 11 is 0. The van der Waals surface area contributed by atoms with Crippen molar-refractivity contribution in [1.82, 2.24) is 24.6 Å². The number of carbonyl (C=O) groups is 1. The number of aliphatic hydroxyl groups excluding tert-OH is 1. The molecule has 166 valence electrons. The maximum Gasteiger partial charge on any atom is 0.248 e. The molecule has 5 rings (SSSR count). The molecule has 4 aromatic rings. The number of nitrogens with two attached hydrogens (primary N) is 1. The van der Waals surface area contributed by atoms with Crippen molar-refractivity contribution in [2.45, 2.75) is 18.9 Å². The highest BCUT2D eigenvalue weighted by Gasteiger charge is 2.24. The molecule has 0 unspecified atom stereocenters. The van der Waals surface area contributed by atoms with Crippen LogP contribution in [-0.4, -0.2) is 55.4 Å². The fourth-order valence-corrected chi connectivity index (χ4v) is 3.96. The van der Waals surface area contributed by atoms with Crippen LogP contribution in [0.4, 0.5) is 5.82 Å². The Morgan fingerprint density at radius 1 is 1.19 bits per heavy atom. The van der Waals surface area contributed by atoms with Gasteiger partial charge in [0.15, 0.2) is 5.58 Å². The molecule has 32 heavy (non-hydrogen) atoms. The number of rotatable bonds is 4. The van der Waals surface area contributed by atoms with E-state index in [4.69, 9.17) is 15.3 Å². The fourth-order valence-electron chi connectivity index (χ4n) is 3.96. The van der Waals surface area contributed by atoms with Crippen LogP contribution in [0.1, 0.15) is 18.9 Å². The molecular weight excluding hydrogens is 432 g/mol. The van der Waals surface area contributed by atoms with Gasteiger partial charge in [-0.3, -0.25) is 9.48 Å². The zero-order chi connectivity index (χ0) is 21.4. The number of fused-ring (bicyclic) bond motifs is 1. The highest BCUT2D eigenvalue weighted by atomic mass is 35.5. The summed E-state index contributed by atoms with van der Waals surface area (Å²) in [6.07, 6.45) is 7.08. The average Bonchev–Trinajstić information content (AvgIpc) is 3.46. The second-order valence-corrected chi connectivity index (χ2v) is 7.62. The van der Waals surface area contributed by atoms with E-state index in [1.807, 2.05) is 41.2 Å². The monoisotopic (exact) mass is 454 g/mol. The maximum atomic E-state index is 11.7. The van der Waals surface area contributed by atoms with Crippen LogP contribution in [0.2, 0.25) is 0 Å². The summed E-state index contributed by atoms with van der Waals surface area (Å²) in [6.45, 7) is 0.790. The topological polar surface area (TPSA) is 123 Å². The number of para-hydroxylation sites is 2. The predicted molar refractivity (Wildman–Crippen MR) is 122 cm³/mol. The van der Waals surface area contributed by atoms with Gasteiger partial charge >= 0.3 is 0 Å². The standard InChI is InChI=1S/C22H22N6O3.ClH/c23-21-17(22-26-18-3-1-2-4-19(18)31-22)9-14(10-24-21)15-11-25-28(12-15)16-5-7-27(8-6-16)20(30)13-29;/h1-4,9-12,16,29H,5-8,13H2,(H2,23,24);1H. The molecule has 1 amide bonds. The minimum Gasteiger partial charge on any atom is -0.436 e. The molecule has 10 heteroatoms. The lowest BCUT2D eigenvalue weighted by molar-refractivity contribution is -0.135. The summed E-state index contributed by atoms with van der Waals surface area (Å²) in [5.74, 6) is 0.560. The summed E-state index contributed by atoms with van der Waals surface area (Å²) < 4.78 is 7.80. The lowest BCUT2D eigenvalue weighted by atomic mass is 10.0. The number of hydrogen-bond donors (Lipinski definition) is 2. The van der Waals surface area contributed by atoms with E-state index in [2.05, 4.69) is 15.1 Å². The van der Waals surface area contributed by atoms with Gasteiger partial charge in [-0.25, -0.2) is 9.97 Å². The Bertz CT molecular complexity index is 1210. The van der Waals surface area contributed by atoms with Gasteiger partial charge in [-0.15, -0.1) is 12.4 Å². The normalized spacial score (nSPS) is 14.5. The smallest absolute Gasteiger partial charge is 0.248 e. The molecule has 1 saturated heterocycles. The number of carbonyl (C=O) groups excluding carboxylic acids is 1. The van der Waals surface area contributed by atoms with Crippen molar-refractivity contribution in [1.29, 1.82) is 0 Å². The fraction of sp³-hybridized carbons (Fsp3) is 0.273. The summed E-state index contributed by atoms with van der Waals surface area (Å²) in [5.41, 5.74) is 9.99. The summed E-state index contributed by atoms with van der Waals surface area (Å²) in [6, 6.07) is 9.67. The zero-order valence-electron chi connectivity index (χ0n) is 17.2. The number of aromatic nitrogens is 4. The summed E-state index contributed by atoms with van der Waals surface area (Å²) in [7, 11) is 0. The molecule has 0 spiro atoms. The number of likely N-dealkylation sites (tertiary alicyclic amines) is 1. The van der Waals surface area contributed by atoms with Gasteiger partial charge in [-0.1, -0.05) is 12.1 Å². The molecule has 1 aliphatic rings. The first kappa shape index (κ1) is 21.8. The molecule has 1 fully saturated rings. The minimum atomic E-state index is -0.441. The van der Waals surface area contributed by atoms with Gasteiger partial charge < -0.3 is 20.2 Å². The van der Waals surface area contributed by atoms with E-state index in [9.17, 15) is 4.79 Å². The third kappa shape index (κ3) is 4.04. The largest absolute Gasteiger partial charge is 0.436 e. The van der Waals surface area contributed by atoms with Crippen molar-refractivity contribution in [3.63, 3.8) is 0 Å². The number of aliphatic hydroxyl groups is 1. The molecule has 0 aliphatic carbocycles. The Hall–Kier alpha value is -3.43. The first-order valence-corrected chi connectivity index (χ1v) is 10.2. The van der Waals surface area contributed by atoms with Gasteiger partial charge in [-0.2, -0.15) is 5.10 Å². The van der Waals surface area contributed by atoms with E-state index in [0.717, 1.165) is 29.5 Å². The maximum absolute atomic E-state index is 11.7. The Morgan fingerprint density at radius 2 is 1.97 bits per heavy atom. The lowest BCUT2D eigenvalue weighted by Crippen LogP contribution is -2.40. The Kier molecular flexibility index (Phi) is 6.11. The third-order valence-electron chi connectivity index (χ3n) is 5.70. The SMILES string of the molecule is Cl.Nc1ncc(-c2cnn(C3CCN(C(=O)CO)CC3)c2)cc1-c1nc2ccccc2o1. The van der Waals surface area contributed by atoms with Crippen molar-refractivity contribution < 1.29 is 14.3 Å². The lowest BCUT2D eigenvalue weighted by Gasteiger charge is -2.31. The van der Waals surface area contributed by atoms with Crippen LogP contribution in [0, 0.1) is 0 Å². The molecular formula is C22H23ClN6O3. The van der Waals surface area contributed by atoms with Crippen LogP contribution in [0.25, 0.3) is 33.7 Å². The molecule has 1 aromatic carbocycles. The number of halogens is 1. The van der Waals surface area contributed by atoms with E-state index >= 15 is 0 Å². The molecule has 3 aromatic heterocycles. The van der Waals surface area contributed by atoms with Gasteiger partial charge in [-0.05, 0) is 31.0 Å². The van der Waals surface area contributed by atoms with Crippen LogP contribution < -0.4 is 5.73 Å². The van der Waals surface area contributed by atoms with Gasteiger partial charge in [0.2, 0.25) is 11.8 Å². The van der Waals surface area contributed by atoms with Crippen molar-refractivity contribution in [3.8, 4) is 22.6 Å². The number of anilines is 1. The van der Waals surface area contributed by atoms with Crippen LogP contribution in [0.3, 0.4) is 0 Å². The van der Waals surface area contributed by atoms with Crippen molar-refractivity contribution in [2.75, 3.05) is 25.4 Å². The van der Waals surface area contributed by atoms with E-state index in [1.54, 1.807) is 17.3 Å². The second-order valence-electron chi connectivity index (χ2n) is 7.62. The summed E-state index contributed by atoms with van der Waals surface area (Å²) in [5, 5.41) is 13.6. The molecule has 0 atom stereocenters. The quantitative estimate of drug-likeness (QED) is 0.485. The van der Waals surface area contributed by atoms with Crippen molar-refractivity contribution >= 4 is 35.2 Å². The summed E-state index contributed by atoms with van der Waals surface area (Å²) in [4.78, 5) is 22.2. The second kappa shape index (κ2) is 8.97. The minimum absolute atomic E-state index is 0. The van der Waals surface area contributed by atoms with Crippen molar-refractivity contribution in [3.05, 3.63) is 48.9 Å². The number of amides is 1. The van der Waals surface area contributed by atoms with E-state index in [-0.39, 0.29) is 24.4 Å². The number of benzene rings is 1. The molecule has 1 aliphatic heterocycles. The van der Waals surface area contributed by atoms with E-state index in [1.165, 1.54) is 0 Å². The Balaban J connectivity index is 0.00000245. The predicted octanol–water partition coefficient (Wildman–Crippen LogP) is 2.91. The Morgan fingerprint density at radius 3 is 2.72 bits per heavy atom. The highest BCUT2D eigenvalue weighted by molar-refractivity contribution is 5.85. The van der Waals surface area contributed by atoms with Gasteiger partial charge in [0.05, 0.1) is 17.8 Å². The molecule has 0 radical (unpaired) electrons. The zero-order valence-corrected chi connectivity index (χ0v) is 18.0. The molecule has 3 N–H and O–H groups in total.